The lowest BCUT2D eigenvalue weighted by Gasteiger charge is -2.10. The summed E-state index contributed by atoms with van der Waals surface area (Å²) in [4.78, 5) is 10.9. The molecule has 0 bridgehead atoms. The second-order valence-corrected chi connectivity index (χ2v) is 4.02. The van der Waals surface area contributed by atoms with E-state index in [4.69, 9.17) is 4.74 Å². The topological polar surface area (TPSA) is 38.3 Å². The van der Waals surface area contributed by atoms with Gasteiger partial charge in [0.05, 0.1) is 0 Å². The highest BCUT2D eigenvalue weighted by atomic mass is 16.6. The van der Waals surface area contributed by atoms with Crippen LogP contribution in [0.25, 0.3) is 0 Å². The van der Waals surface area contributed by atoms with Crippen molar-refractivity contribution >= 4 is 6.09 Å². The summed E-state index contributed by atoms with van der Waals surface area (Å²) in [6.07, 6.45) is 6.02. The third-order valence-corrected chi connectivity index (χ3v) is 3.09. The molecule has 0 radical (unpaired) electrons. The Kier molecular flexibility index (Phi) is 1.74. The number of hydrogen-bond donors (Lipinski definition) is 1. The Balaban J connectivity index is 0.000000845. The van der Waals surface area contributed by atoms with Gasteiger partial charge in [-0.25, -0.2) is 4.79 Å². The Morgan fingerprint density at radius 3 is 2.83 bits per heavy atom. The Hall–Kier alpha value is -0.730. The van der Waals surface area contributed by atoms with Crippen LogP contribution in [0.4, 0.5) is 4.79 Å². The molecule has 2 rings (SSSR count). The molecule has 1 amide bonds. The van der Waals surface area contributed by atoms with Gasteiger partial charge in [-0.3, -0.25) is 0 Å². The van der Waals surface area contributed by atoms with Crippen LogP contribution in [0.1, 0.15) is 33.5 Å². The molecule has 1 unspecified atom stereocenters. The first-order chi connectivity index (χ1) is 5.74. The van der Waals surface area contributed by atoms with Crippen LogP contribution in [0.15, 0.2) is 0 Å². The molecule has 1 atom stereocenters. The second-order valence-electron chi connectivity index (χ2n) is 4.02. The first kappa shape index (κ1) is 7.90. The van der Waals surface area contributed by atoms with Crippen LogP contribution in [0.5, 0.6) is 0 Å². The quantitative estimate of drug-likeness (QED) is 0.654. The van der Waals surface area contributed by atoms with Gasteiger partial charge in [-0.15, -0.1) is 0 Å². The molecule has 12 heavy (non-hydrogen) atoms. The van der Waals surface area contributed by atoms with E-state index in [9.17, 15) is 4.79 Å². The molecular weight excluding hydrogens is 154 g/mol. The first-order valence-electron chi connectivity index (χ1n) is 4.62. The molecule has 0 aromatic carbocycles. The number of nitrogens with one attached hydrogen (secondary N) is 1. The van der Waals surface area contributed by atoms with Gasteiger partial charge in [0.2, 0.25) is 0 Å². The number of rotatable bonds is 1. The Bertz CT molecular complexity index is 204. The predicted octanol–water partition coefficient (Wildman–Crippen LogP) is 1.92. The first-order valence-corrected chi connectivity index (χ1v) is 4.62. The summed E-state index contributed by atoms with van der Waals surface area (Å²) >= 11 is 0. The minimum Gasteiger partial charge on any atom is -0.446 e. The van der Waals surface area contributed by atoms with Gasteiger partial charge in [0.25, 0.3) is 0 Å². The molecular formula is C9H17NO2. The van der Waals surface area contributed by atoms with Gasteiger partial charge in [0, 0.05) is 8.47 Å². The van der Waals surface area contributed by atoms with E-state index in [2.05, 4.69) is 5.32 Å². The fourth-order valence-corrected chi connectivity index (χ4v) is 2.10. The van der Waals surface area contributed by atoms with Crippen LogP contribution in [-0.4, -0.2) is 19.2 Å². The zero-order valence-electron chi connectivity index (χ0n) is 7.43. The van der Waals surface area contributed by atoms with Crippen molar-refractivity contribution in [2.24, 2.45) is 5.41 Å². The highest BCUT2D eigenvalue weighted by molar-refractivity contribution is 5.66. The average Bonchev–Trinajstić information content (AvgIpc) is 2.68. The summed E-state index contributed by atoms with van der Waals surface area (Å²) in [7, 11) is 1.60. The maximum atomic E-state index is 10.9. The Morgan fingerprint density at radius 2 is 2.33 bits per heavy atom. The van der Waals surface area contributed by atoms with E-state index < -0.39 is 0 Å². The molecule has 0 aromatic heterocycles. The largest absolute Gasteiger partial charge is 0.446 e. The third kappa shape index (κ3) is 1.40. The molecule has 2 saturated carbocycles. The van der Waals surface area contributed by atoms with Crippen LogP contribution in [0.3, 0.4) is 0 Å². The molecule has 1 spiro atoms. The van der Waals surface area contributed by atoms with E-state index >= 15 is 0 Å². The SMILES string of the molecule is CNC(=O)OC1CCC2(CC2)C1.[HH]. The van der Waals surface area contributed by atoms with E-state index in [1.54, 1.807) is 7.05 Å². The minimum atomic E-state index is -0.280. The molecule has 3 nitrogen and oxygen atoms in total. The van der Waals surface area contributed by atoms with Crippen molar-refractivity contribution in [1.29, 1.82) is 0 Å². The second kappa shape index (κ2) is 2.64. The molecule has 0 saturated heterocycles. The van der Waals surface area contributed by atoms with Crippen LogP contribution in [0, 0.1) is 5.41 Å². The number of carbonyl (C=O) groups excluding carboxylic acids is 1. The minimum absolute atomic E-state index is 0. The number of alkyl carbamates (subject to hydrolysis) is 1. The molecule has 0 aromatic rings. The maximum absolute atomic E-state index is 10.9. The van der Waals surface area contributed by atoms with Crippen molar-refractivity contribution in [3.05, 3.63) is 0 Å². The Labute approximate surface area is 74.0 Å². The van der Waals surface area contributed by atoms with Crippen molar-refractivity contribution < 1.29 is 11.0 Å². The fourth-order valence-electron chi connectivity index (χ4n) is 2.10. The van der Waals surface area contributed by atoms with Crippen molar-refractivity contribution in [2.45, 2.75) is 38.2 Å². The summed E-state index contributed by atoms with van der Waals surface area (Å²) in [5, 5.41) is 2.48. The molecule has 2 aliphatic carbocycles. The summed E-state index contributed by atoms with van der Waals surface area (Å²) < 4.78 is 5.19. The van der Waals surface area contributed by atoms with Gasteiger partial charge in [-0.1, -0.05) is 0 Å². The van der Waals surface area contributed by atoms with Crippen molar-refractivity contribution in [3.63, 3.8) is 0 Å². The van der Waals surface area contributed by atoms with Gasteiger partial charge < -0.3 is 10.1 Å². The van der Waals surface area contributed by atoms with Crippen LogP contribution >= 0.6 is 0 Å². The third-order valence-electron chi connectivity index (χ3n) is 3.09. The lowest BCUT2D eigenvalue weighted by atomic mass is 10.1. The van der Waals surface area contributed by atoms with Crippen molar-refractivity contribution in [2.75, 3.05) is 7.05 Å². The maximum Gasteiger partial charge on any atom is 0.407 e. The van der Waals surface area contributed by atoms with Crippen LogP contribution in [0.2, 0.25) is 0 Å². The molecule has 2 fully saturated rings. The van der Waals surface area contributed by atoms with Gasteiger partial charge >= 0.3 is 6.09 Å². The summed E-state index contributed by atoms with van der Waals surface area (Å²) in [6.45, 7) is 0. The number of ether oxygens (including phenoxy) is 1. The number of amides is 1. The lowest BCUT2D eigenvalue weighted by Crippen LogP contribution is -2.24. The van der Waals surface area contributed by atoms with Gasteiger partial charge in [0.1, 0.15) is 6.10 Å². The molecule has 3 heteroatoms. The van der Waals surface area contributed by atoms with Gasteiger partial charge in [-0.2, -0.15) is 0 Å². The van der Waals surface area contributed by atoms with E-state index in [0.29, 0.717) is 5.41 Å². The highest BCUT2D eigenvalue weighted by Gasteiger charge is 2.49. The Morgan fingerprint density at radius 1 is 1.58 bits per heavy atom. The molecule has 2 aliphatic rings. The zero-order chi connectivity index (χ0) is 8.60. The molecule has 70 valence electrons. The number of hydrogen-bond acceptors (Lipinski definition) is 2. The van der Waals surface area contributed by atoms with Crippen molar-refractivity contribution in [1.82, 2.24) is 5.32 Å². The van der Waals surface area contributed by atoms with Crippen molar-refractivity contribution in [3.8, 4) is 0 Å². The summed E-state index contributed by atoms with van der Waals surface area (Å²) in [6, 6.07) is 0. The van der Waals surface area contributed by atoms with E-state index in [0.717, 1.165) is 12.8 Å². The normalized spacial score (nSPS) is 30.2. The lowest BCUT2D eigenvalue weighted by molar-refractivity contribution is 0.0998. The molecule has 1 N–H and O–H groups in total. The molecule has 0 aliphatic heterocycles. The number of carbonyl (C=O) groups is 1. The highest BCUT2D eigenvalue weighted by Crippen LogP contribution is 2.58. The van der Waals surface area contributed by atoms with E-state index in [-0.39, 0.29) is 13.6 Å². The van der Waals surface area contributed by atoms with E-state index in [1.165, 1.54) is 19.3 Å². The van der Waals surface area contributed by atoms with E-state index in [1.807, 2.05) is 0 Å². The smallest absolute Gasteiger partial charge is 0.407 e. The fraction of sp³-hybridized carbons (Fsp3) is 0.889. The van der Waals surface area contributed by atoms with Gasteiger partial charge in [0.15, 0.2) is 0 Å². The standard InChI is InChI=1S/C9H15NO2.H2/c1-10-8(11)12-7-2-3-9(6-7)4-5-9;/h7H,2-6H2,1H3,(H,10,11);1H. The monoisotopic (exact) mass is 171 g/mol. The average molecular weight is 171 g/mol. The summed E-state index contributed by atoms with van der Waals surface area (Å²) in [5.74, 6) is 0. The zero-order valence-corrected chi connectivity index (χ0v) is 7.43. The summed E-state index contributed by atoms with van der Waals surface area (Å²) in [5.41, 5.74) is 0.596. The van der Waals surface area contributed by atoms with Crippen LogP contribution in [-0.2, 0) is 4.74 Å². The van der Waals surface area contributed by atoms with Gasteiger partial charge in [-0.05, 0) is 37.5 Å². The predicted molar refractivity (Wildman–Crippen MR) is 47.0 cm³/mol. The van der Waals surface area contributed by atoms with Crippen LogP contribution < -0.4 is 5.32 Å². The molecule has 0 heterocycles.